The Hall–Kier alpha value is -2.89. The lowest BCUT2D eigenvalue weighted by atomic mass is 9.85. The van der Waals surface area contributed by atoms with Crippen LogP contribution in [0.4, 0.5) is 20.5 Å². The Morgan fingerprint density at radius 2 is 1.77 bits per heavy atom. The van der Waals surface area contributed by atoms with Crippen molar-refractivity contribution < 1.29 is 18.6 Å². The highest BCUT2D eigenvalue weighted by Crippen LogP contribution is 2.31. The predicted molar refractivity (Wildman–Crippen MR) is 152 cm³/mol. The van der Waals surface area contributed by atoms with Crippen LogP contribution >= 0.6 is 0 Å². The van der Waals surface area contributed by atoms with Crippen molar-refractivity contribution in [2.24, 2.45) is 5.92 Å². The van der Waals surface area contributed by atoms with Crippen molar-refractivity contribution >= 4 is 22.8 Å². The van der Waals surface area contributed by atoms with Crippen molar-refractivity contribution in [1.82, 2.24) is 24.4 Å². The number of hydrogen-bond donors (Lipinski definition) is 2. The summed E-state index contributed by atoms with van der Waals surface area (Å²) in [5.41, 5.74) is 0.376. The normalized spacial score (nSPS) is 20.6. The first kappa shape index (κ1) is 28.6. The Kier molecular flexibility index (Phi) is 8.82. The number of benzene rings is 1. The summed E-state index contributed by atoms with van der Waals surface area (Å²) in [6.07, 6.45) is 1.54. The Morgan fingerprint density at radius 3 is 2.45 bits per heavy atom. The molecule has 218 valence electrons. The van der Waals surface area contributed by atoms with Crippen LogP contribution in [0.3, 0.4) is 0 Å². The first-order valence-electron chi connectivity index (χ1n) is 14.4. The van der Waals surface area contributed by atoms with Crippen LogP contribution in [0.2, 0.25) is 0 Å². The van der Waals surface area contributed by atoms with E-state index in [4.69, 9.17) is 14.7 Å². The summed E-state index contributed by atoms with van der Waals surface area (Å²) in [7, 11) is 0. The summed E-state index contributed by atoms with van der Waals surface area (Å²) in [6.45, 7) is 10.7. The number of halogens is 2. The van der Waals surface area contributed by atoms with Crippen molar-refractivity contribution in [2.75, 3.05) is 56.2 Å². The van der Waals surface area contributed by atoms with Gasteiger partial charge in [0.25, 0.3) is 6.43 Å². The van der Waals surface area contributed by atoms with Gasteiger partial charge >= 0.3 is 0 Å². The number of nitrogens with one attached hydrogen (secondary N) is 1. The lowest BCUT2D eigenvalue weighted by molar-refractivity contribution is 0.0134. The number of alkyl halides is 2. The Balaban J connectivity index is 1.36. The summed E-state index contributed by atoms with van der Waals surface area (Å²) in [5, 5.41) is 13.7. The number of nitrogens with zero attached hydrogens (tertiary/aromatic N) is 6. The topological polar surface area (TPSA) is 91.6 Å². The third kappa shape index (κ3) is 6.70. The fourth-order valence-corrected chi connectivity index (χ4v) is 5.95. The molecule has 9 nitrogen and oxygen atoms in total. The van der Waals surface area contributed by atoms with Crippen LogP contribution in [0.5, 0.6) is 0 Å². The molecule has 2 aromatic heterocycles. The van der Waals surface area contributed by atoms with Gasteiger partial charge in [-0.05, 0) is 64.1 Å². The third-order valence-electron chi connectivity index (χ3n) is 7.92. The number of para-hydroxylation sites is 2. The molecule has 1 saturated carbocycles. The van der Waals surface area contributed by atoms with Gasteiger partial charge in [0.2, 0.25) is 5.95 Å². The SMILES string of the molecule is CCN(CC(C)(C)O)C1CCC(CNc2nc(N3CCOCC3)cc(-n3c(C(F)F)nc4ccccc43)n2)CC1. The number of aliphatic hydroxyl groups is 1. The van der Waals surface area contributed by atoms with Crippen LogP contribution in [0.1, 0.15) is 58.7 Å². The zero-order chi connectivity index (χ0) is 28.3. The minimum Gasteiger partial charge on any atom is -0.389 e. The van der Waals surface area contributed by atoms with Gasteiger partial charge in [0, 0.05) is 38.3 Å². The predicted octanol–water partition coefficient (Wildman–Crippen LogP) is 4.65. The molecule has 0 radical (unpaired) electrons. The summed E-state index contributed by atoms with van der Waals surface area (Å²) in [6, 6.07) is 9.37. The minimum atomic E-state index is -2.75. The average molecular weight is 558 g/mol. The van der Waals surface area contributed by atoms with E-state index in [0.29, 0.717) is 80.0 Å². The Morgan fingerprint density at radius 1 is 1.07 bits per heavy atom. The van der Waals surface area contributed by atoms with E-state index in [1.807, 2.05) is 19.9 Å². The van der Waals surface area contributed by atoms with Crippen molar-refractivity contribution in [1.29, 1.82) is 0 Å². The lowest BCUT2D eigenvalue weighted by Crippen LogP contribution is -2.46. The molecule has 2 N–H and O–H groups in total. The van der Waals surface area contributed by atoms with E-state index < -0.39 is 12.0 Å². The van der Waals surface area contributed by atoms with Crippen LogP contribution in [0.15, 0.2) is 30.3 Å². The molecule has 2 aliphatic rings. The number of anilines is 2. The first-order valence-corrected chi connectivity index (χ1v) is 14.4. The molecule has 0 unspecified atom stereocenters. The highest BCUT2D eigenvalue weighted by atomic mass is 19.3. The second-order valence-corrected chi connectivity index (χ2v) is 11.5. The number of imidazole rings is 1. The summed E-state index contributed by atoms with van der Waals surface area (Å²) >= 11 is 0. The van der Waals surface area contributed by atoms with Crippen LogP contribution < -0.4 is 10.2 Å². The van der Waals surface area contributed by atoms with Gasteiger partial charge in [-0.25, -0.2) is 13.8 Å². The maximum absolute atomic E-state index is 14.1. The third-order valence-corrected chi connectivity index (χ3v) is 7.92. The van der Waals surface area contributed by atoms with E-state index in [2.05, 4.69) is 27.0 Å². The maximum atomic E-state index is 14.1. The molecule has 1 aromatic carbocycles. The molecule has 1 saturated heterocycles. The first-order chi connectivity index (χ1) is 19.2. The largest absolute Gasteiger partial charge is 0.389 e. The maximum Gasteiger partial charge on any atom is 0.296 e. The van der Waals surface area contributed by atoms with Crippen LogP contribution in [0.25, 0.3) is 16.9 Å². The molecule has 5 rings (SSSR count). The smallest absolute Gasteiger partial charge is 0.296 e. The van der Waals surface area contributed by atoms with E-state index in [-0.39, 0.29) is 5.82 Å². The van der Waals surface area contributed by atoms with Crippen LogP contribution in [0, 0.1) is 5.92 Å². The number of rotatable bonds is 10. The minimum absolute atomic E-state index is 0.330. The van der Waals surface area contributed by atoms with Gasteiger partial charge in [0.15, 0.2) is 5.82 Å². The van der Waals surface area contributed by atoms with Crippen molar-refractivity contribution in [3.05, 3.63) is 36.2 Å². The van der Waals surface area contributed by atoms with E-state index in [1.54, 1.807) is 24.3 Å². The van der Waals surface area contributed by atoms with E-state index in [9.17, 15) is 13.9 Å². The monoisotopic (exact) mass is 557 g/mol. The fraction of sp³-hybridized carbons (Fsp3) is 0.621. The Labute approximate surface area is 234 Å². The Bertz CT molecular complexity index is 1260. The molecule has 3 heterocycles. The second kappa shape index (κ2) is 12.3. The zero-order valence-corrected chi connectivity index (χ0v) is 23.7. The van der Waals surface area contributed by atoms with Crippen molar-refractivity contribution in [3.8, 4) is 5.82 Å². The summed E-state index contributed by atoms with van der Waals surface area (Å²) < 4.78 is 35.2. The number of fused-ring (bicyclic) bond motifs is 1. The number of hydrogen-bond acceptors (Lipinski definition) is 8. The molecule has 3 aromatic rings. The second-order valence-electron chi connectivity index (χ2n) is 11.5. The molecule has 1 aliphatic carbocycles. The fourth-order valence-electron chi connectivity index (χ4n) is 5.95. The number of aromatic nitrogens is 4. The van der Waals surface area contributed by atoms with E-state index >= 15 is 0 Å². The lowest BCUT2D eigenvalue weighted by Gasteiger charge is -2.39. The molecule has 0 amide bonds. The molecule has 40 heavy (non-hydrogen) atoms. The highest BCUT2D eigenvalue weighted by Gasteiger charge is 2.29. The van der Waals surface area contributed by atoms with Gasteiger partial charge in [0.1, 0.15) is 11.6 Å². The van der Waals surface area contributed by atoms with Crippen LogP contribution in [-0.4, -0.2) is 87.1 Å². The van der Waals surface area contributed by atoms with Gasteiger partial charge in [-0.2, -0.15) is 9.97 Å². The van der Waals surface area contributed by atoms with Crippen molar-refractivity contribution in [2.45, 2.75) is 64.5 Å². The quantitative estimate of drug-likeness (QED) is 0.372. The van der Waals surface area contributed by atoms with Gasteiger partial charge in [-0.15, -0.1) is 0 Å². The molecule has 0 atom stereocenters. The molecule has 0 bridgehead atoms. The molecule has 2 fully saturated rings. The zero-order valence-electron chi connectivity index (χ0n) is 23.7. The molecular weight excluding hydrogens is 516 g/mol. The summed E-state index contributed by atoms with van der Waals surface area (Å²) in [4.78, 5) is 18.2. The molecule has 1 aliphatic heterocycles. The van der Waals surface area contributed by atoms with Gasteiger partial charge in [-0.1, -0.05) is 19.1 Å². The summed E-state index contributed by atoms with van der Waals surface area (Å²) in [5.74, 6) is 1.61. The van der Waals surface area contributed by atoms with Gasteiger partial charge in [-0.3, -0.25) is 9.47 Å². The molecule has 0 spiro atoms. The number of morpholine rings is 1. The molecular formula is C29H41F2N7O2. The van der Waals surface area contributed by atoms with E-state index in [0.717, 1.165) is 32.2 Å². The van der Waals surface area contributed by atoms with E-state index in [1.165, 1.54) is 4.57 Å². The van der Waals surface area contributed by atoms with Gasteiger partial charge in [0.05, 0.1) is 29.8 Å². The average Bonchev–Trinajstić information content (AvgIpc) is 3.35. The number of ether oxygens (including phenoxy) is 1. The van der Waals surface area contributed by atoms with Crippen molar-refractivity contribution in [3.63, 3.8) is 0 Å². The van der Waals surface area contributed by atoms with Crippen LogP contribution in [-0.2, 0) is 4.74 Å². The van der Waals surface area contributed by atoms with Gasteiger partial charge < -0.3 is 20.1 Å². The highest BCUT2D eigenvalue weighted by molar-refractivity contribution is 5.78. The standard InChI is InChI=1S/C29H41F2N7O2/c1-4-36(19-29(2,3)39)21-11-9-20(10-12-21)18-32-28-34-24(37-13-15-40-16-14-37)17-25(35-28)38-23-8-6-5-7-22(23)33-27(38)26(30)31/h5-8,17,20-21,26,39H,4,9-16,18-19H2,1-3H3,(H,32,34,35). The molecule has 11 heteroatoms. The number of likely N-dealkylation sites (N-methyl/N-ethyl adjacent to an activating group) is 1.